The lowest BCUT2D eigenvalue weighted by Crippen LogP contribution is -2.48. The summed E-state index contributed by atoms with van der Waals surface area (Å²) in [5, 5.41) is 15.6. The van der Waals surface area contributed by atoms with E-state index in [2.05, 4.69) is 58.3 Å². The second-order valence-corrected chi connectivity index (χ2v) is 8.43. The molecule has 0 radical (unpaired) electrons. The van der Waals surface area contributed by atoms with Gasteiger partial charge in [0.05, 0.1) is 12.6 Å². The molecule has 35 heavy (non-hydrogen) atoms. The van der Waals surface area contributed by atoms with Gasteiger partial charge in [0.1, 0.15) is 0 Å². The molecule has 186 valence electrons. The molecule has 0 amide bonds. The Hall–Kier alpha value is -3.65. The minimum Gasteiger partial charge on any atom is -0.478 e. The maximum atomic E-state index is 11.6. The van der Waals surface area contributed by atoms with Gasteiger partial charge in [-0.1, -0.05) is 42.5 Å². The molecular weight excluding hydrogens is 448 g/mol. The van der Waals surface area contributed by atoms with Crippen molar-refractivity contribution in [3.63, 3.8) is 0 Å². The normalized spacial score (nSPS) is 16.7. The van der Waals surface area contributed by atoms with E-state index in [0.29, 0.717) is 31.2 Å². The third-order valence-corrected chi connectivity index (χ3v) is 6.09. The summed E-state index contributed by atoms with van der Waals surface area (Å²) in [6.45, 7) is 6.35. The molecule has 1 saturated heterocycles. The van der Waals surface area contributed by atoms with Gasteiger partial charge in [-0.15, -0.1) is 0 Å². The molecule has 2 aromatic rings. The molecule has 2 aromatic carbocycles. The summed E-state index contributed by atoms with van der Waals surface area (Å²) >= 11 is 0. The highest BCUT2D eigenvalue weighted by molar-refractivity contribution is 5.89. The molecular formula is C27H32N2O6. The number of aliphatic carboxylic acids is 2. The number of ether oxygens (including phenoxy) is 1. The Morgan fingerprint density at radius 2 is 1.63 bits per heavy atom. The predicted octanol–water partition coefficient (Wildman–Crippen LogP) is 3.51. The largest absolute Gasteiger partial charge is 0.478 e. The van der Waals surface area contributed by atoms with Crippen molar-refractivity contribution in [3.05, 3.63) is 77.4 Å². The van der Waals surface area contributed by atoms with Crippen LogP contribution in [0.3, 0.4) is 0 Å². The summed E-state index contributed by atoms with van der Waals surface area (Å²) in [4.78, 5) is 35.8. The quantitative estimate of drug-likeness (QED) is 0.458. The van der Waals surface area contributed by atoms with Gasteiger partial charge in [0, 0.05) is 43.9 Å². The van der Waals surface area contributed by atoms with E-state index in [1.54, 1.807) is 0 Å². The number of benzene rings is 2. The highest BCUT2D eigenvalue weighted by atomic mass is 16.5. The molecule has 8 heteroatoms. The van der Waals surface area contributed by atoms with Gasteiger partial charge in [-0.25, -0.2) is 9.59 Å². The van der Waals surface area contributed by atoms with Gasteiger partial charge in [0.2, 0.25) is 0 Å². The topological polar surface area (TPSA) is 107 Å². The lowest BCUT2D eigenvalue weighted by Gasteiger charge is -2.43. The second-order valence-electron chi connectivity index (χ2n) is 8.43. The van der Waals surface area contributed by atoms with Crippen molar-refractivity contribution in [2.24, 2.45) is 0 Å². The van der Waals surface area contributed by atoms with E-state index in [-0.39, 0.29) is 5.97 Å². The molecule has 2 aliphatic rings. The van der Waals surface area contributed by atoms with Crippen LogP contribution >= 0.6 is 0 Å². The van der Waals surface area contributed by atoms with Gasteiger partial charge in [0.25, 0.3) is 0 Å². The third kappa shape index (κ3) is 7.42. The van der Waals surface area contributed by atoms with Crippen LogP contribution in [0.5, 0.6) is 0 Å². The molecule has 4 rings (SSSR count). The first kappa shape index (κ1) is 26.0. The number of piperazine rings is 1. The van der Waals surface area contributed by atoms with Crippen LogP contribution in [-0.4, -0.2) is 65.8 Å². The number of carbonyl (C=O) groups excluding carboxylic acids is 1. The summed E-state index contributed by atoms with van der Waals surface area (Å²) in [5.74, 6) is -2.59. The number of hydrogen-bond acceptors (Lipinski definition) is 6. The Morgan fingerprint density at radius 1 is 0.971 bits per heavy atom. The number of fused-ring (bicyclic) bond motifs is 5. The van der Waals surface area contributed by atoms with Crippen LogP contribution < -0.4 is 4.90 Å². The van der Waals surface area contributed by atoms with E-state index < -0.39 is 11.9 Å². The first-order valence-corrected chi connectivity index (χ1v) is 11.8. The van der Waals surface area contributed by atoms with Crippen molar-refractivity contribution in [3.8, 4) is 0 Å². The molecule has 0 bridgehead atoms. The third-order valence-electron chi connectivity index (χ3n) is 6.09. The van der Waals surface area contributed by atoms with Crippen LogP contribution in [0.4, 0.5) is 5.69 Å². The van der Waals surface area contributed by atoms with Crippen LogP contribution in [0.25, 0.3) is 0 Å². The standard InChI is InChI=1S/C23H28N2O2.C4H4O4/c1-2-27-23(26)12-7-13-24-14-15-25-21-11-6-4-9-19(21)16-18-8-3-5-10-20(18)22(25)17-24;5-3(6)1-2-4(7)8/h3-6,8-11,22H,2,7,12-17H2,1H3;1-2H,(H,5,6)(H,7,8). The number of carboxylic acids is 2. The van der Waals surface area contributed by atoms with E-state index >= 15 is 0 Å². The van der Waals surface area contributed by atoms with Crippen LogP contribution in [0.1, 0.15) is 42.5 Å². The Kier molecular flexibility index (Phi) is 9.43. The molecule has 1 fully saturated rings. The Bertz CT molecular complexity index is 1050. The molecule has 0 aliphatic carbocycles. The van der Waals surface area contributed by atoms with E-state index in [9.17, 15) is 14.4 Å². The fraction of sp³-hybridized carbons (Fsp3) is 0.370. The molecule has 2 heterocycles. The summed E-state index contributed by atoms with van der Waals surface area (Å²) < 4.78 is 5.05. The Labute approximate surface area is 205 Å². The van der Waals surface area contributed by atoms with E-state index in [0.717, 1.165) is 39.0 Å². The number of carbonyl (C=O) groups is 3. The lowest BCUT2D eigenvalue weighted by atomic mass is 9.96. The average molecular weight is 481 g/mol. The minimum atomic E-state index is -1.26. The monoisotopic (exact) mass is 480 g/mol. The zero-order valence-corrected chi connectivity index (χ0v) is 19.9. The van der Waals surface area contributed by atoms with Crippen LogP contribution in [0, 0.1) is 0 Å². The molecule has 0 aromatic heterocycles. The Balaban J connectivity index is 0.000000371. The fourth-order valence-electron chi connectivity index (χ4n) is 4.59. The minimum absolute atomic E-state index is 0.0788. The zero-order chi connectivity index (χ0) is 25.2. The fourth-order valence-corrected chi connectivity index (χ4v) is 4.59. The SMILES string of the molecule is CCOC(=O)CCCN1CCN2c3ccccc3Cc3ccccc3C2C1.O=C(O)C=CC(=O)O. The number of esters is 1. The van der Waals surface area contributed by atoms with Gasteiger partial charge in [-0.2, -0.15) is 0 Å². The number of anilines is 1. The number of hydrogen-bond donors (Lipinski definition) is 2. The second kappa shape index (κ2) is 12.7. The summed E-state index contributed by atoms with van der Waals surface area (Å²) in [6, 6.07) is 18.1. The van der Waals surface area contributed by atoms with Crippen molar-refractivity contribution in [1.82, 2.24) is 4.90 Å². The maximum Gasteiger partial charge on any atom is 0.328 e. The molecule has 0 saturated carbocycles. The summed E-state index contributed by atoms with van der Waals surface area (Å²) in [7, 11) is 0. The first-order valence-electron chi connectivity index (χ1n) is 11.8. The maximum absolute atomic E-state index is 11.6. The van der Waals surface area contributed by atoms with Crippen molar-refractivity contribution in [2.45, 2.75) is 32.2 Å². The summed E-state index contributed by atoms with van der Waals surface area (Å²) in [6.07, 6.45) is 3.49. The average Bonchev–Trinajstić information content (AvgIpc) is 2.98. The molecule has 1 unspecified atom stereocenters. The zero-order valence-electron chi connectivity index (χ0n) is 19.9. The van der Waals surface area contributed by atoms with Crippen LogP contribution in [0.15, 0.2) is 60.7 Å². The highest BCUT2D eigenvalue weighted by Crippen LogP contribution is 2.39. The van der Waals surface area contributed by atoms with Crippen molar-refractivity contribution < 1.29 is 29.3 Å². The highest BCUT2D eigenvalue weighted by Gasteiger charge is 2.32. The van der Waals surface area contributed by atoms with Gasteiger partial charge in [-0.05, 0) is 49.1 Å². The summed E-state index contributed by atoms with van der Waals surface area (Å²) in [5.41, 5.74) is 5.68. The van der Waals surface area contributed by atoms with Crippen LogP contribution in [-0.2, 0) is 25.5 Å². The predicted molar refractivity (Wildman–Crippen MR) is 132 cm³/mol. The number of carboxylic acid groups (broad SMARTS) is 2. The van der Waals surface area contributed by atoms with E-state index in [1.165, 1.54) is 22.4 Å². The van der Waals surface area contributed by atoms with Gasteiger partial charge >= 0.3 is 17.9 Å². The first-order chi connectivity index (χ1) is 16.9. The smallest absolute Gasteiger partial charge is 0.328 e. The molecule has 8 nitrogen and oxygen atoms in total. The molecule has 2 aliphatic heterocycles. The number of nitrogens with zero attached hydrogens (tertiary/aromatic N) is 2. The van der Waals surface area contributed by atoms with E-state index in [4.69, 9.17) is 14.9 Å². The number of rotatable bonds is 7. The van der Waals surface area contributed by atoms with Crippen molar-refractivity contribution in [2.75, 3.05) is 37.7 Å². The molecule has 0 spiro atoms. The van der Waals surface area contributed by atoms with Crippen molar-refractivity contribution in [1.29, 1.82) is 0 Å². The lowest BCUT2D eigenvalue weighted by molar-refractivity contribution is -0.143. The van der Waals surface area contributed by atoms with Gasteiger partial charge in [-0.3, -0.25) is 9.69 Å². The van der Waals surface area contributed by atoms with E-state index in [1.807, 2.05) is 6.92 Å². The van der Waals surface area contributed by atoms with Crippen LogP contribution in [0.2, 0.25) is 0 Å². The van der Waals surface area contributed by atoms with Gasteiger partial charge < -0.3 is 19.8 Å². The number of para-hydroxylation sites is 1. The molecule has 1 atom stereocenters. The van der Waals surface area contributed by atoms with Gasteiger partial charge in [0.15, 0.2) is 0 Å². The Morgan fingerprint density at radius 3 is 2.31 bits per heavy atom. The van der Waals surface area contributed by atoms with Crippen molar-refractivity contribution >= 4 is 23.6 Å². The molecule has 2 N–H and O–H groups in total.